The lowest BCUT2D eigenvalue weighted by molar-refractivity contribution is 0.107. The highest BCUT2D eigenvalue weighted by molar-refractivity contribution is 7.10. The molecule has 0 spiro atoms. The van der Waals surface area contributed by atoms with Crippen LogP contribution >= 0.6 is 11.3 Å². The Bertz CT molecular complexity index is 334. The van der Waals surface area contributed by atoms with Crippen molar-refractivity contribution in [1.82, 2.24) is 0 Å². The van der Waals surface area contributed by atoms with Crippen molar-refractivity contribution in [3.63, 3.8) is 0 Å². The van der Waals surface area contributed by atoms with E-state index in [-0.39, 0.29) is 6.10 Å². The molecule has 3 unspecified atom stereocenters. The Kier molecular flexibility index (Phi) is 1.96. The standard InChI is InChI=1S/C12H16OS/c1-7-2-3-14-12(7)11(13)10-5-8-4-9(8)6-10/h2-3,8-11,13H,4-6H2,1H3. The van der Waals surface area contributed by atoms with Crippen LogP contribution in [-0.2, 0) is 0 Å². The van der Waals surface area contributed by atoms with Crippen LogP contribution in [0.25, 0.3) is 0 Å². The third-order valence-electron chi connectivity index (χ3n) is 3.90. The maximum Gasteiger partial charge on any atom is 0.0912 e. The maximum absolute atomic E-state index is 10.2. The van der Waals surface area contributed by atoms with Crippen LogP contribution in [0.1, 0.15) is 35.8 Å². The Morgan fingerprint density at radius 3 is 2.64 bits per heavy atom. The second-order valence-electron chi connectivity index (χ2n) is 4.90. The minimum absolute atomic E-state index is 0.178. The third kappa shape index (κ3) is 1.32. The molecule has 2 aliphatic rings. The van der Waals surface area contributed by atoms with E-state index in [1.165, 1.54) is 29.7 Å². The van der Waals surface area contributed by atoms with Crippen LogP contribution in [-0.4, -0.2) is 5.11 Å². The molecule has 1 heterocycles. The summed E-state index contributed by atoms with van der Waals surface area (Å²) in [4.78, 5) is 1.20. The molecule has 0 aromatic carbocycles. The second-order valence-corrected chi connectivity index (χ2v) is 5.85. The fraction of sp³-hybridized carbons (Fsp3) is 0.667. The van der Waals surface area contributed by atoms with Gasteiger partial charge in [0.15, 0.2) is 0 Å². The fourth-order valence-corrected chi connectivity index (χ4v) is 3.93. The van der Waals surface area contributed by atoms with E-state index in [4.69, 9.17) is 0 Å². The molecule has 0 saturated heterocycles. The minimum Gasteiger partial charge on any atom is -0.387 e. The Hall–Kier alpha value is -0.340. The number of aryl methyl sites for hydroxylation is 1. The minimum atomic E-state index is -0.178. The number of fused-ring (bicyclic) bond motifs is 1. The van der Waals surface area contributed by atoms with E-state index in [1.54, 1.807) is 11.3 Å². The van der Waals surface area contributed by atoms with Crippen molar-refractivity contribution in [3.05, 3.63) is 21.9 Å². The van der Waals surface area contributed by atoms with Crippen molar-refractivity contribution in [1.29, 1.82) is 0 Å². The van der Waals surface area contributed by atoms with Gasteiger partial charge in [-0.25, -0.2) is 0 Å². The largest absolute Gasteiger partial charge is 0.387 e. The first-order chi connectivity index (χ1) is 6.75. The van der Waals surface area contributed by atoms with E-state index in [1.807, 2.05) is 0 Å². The maximum atomic E-state index is 10.2. The summed E-state index contributed by atoms with van der Waals surface area (Å²) in [5.41, 5.74) is 1.27. The molecule has 0 aliphatic heterocycles. The summed E-state index contributed by atoms with van der Waals surface area (Å²) in [7, 11) is 0. The summed E-state index contributed by atoms with van der Waals surface area (Å²) in [5, 5.41) is 12.3. The van der Waals surface area contributed by atoms with Gasteiger partial charge >= 0.3 is 0 Å². The van der Waals surface area contributed by atoms with Gasteiger partial charge in [0.05, 0.1) is 6.10 Å². The Morgan fingerprint density at radius 2 is 2.07 bits per heavy atom. The van der Waals surface area contributed by atoms with Gasteiger partial charge in [0.1, 0.15) is 0 Å². The van der Waals surface area contributed by atoms with E-state index in [0.717, 1.165) is 11.8 Å². The Balaban J connectivity index is 1.76. The quantitative estimate of drug-likeness (QED) is 0.791. The smallest absolute Gasteiger partial charge is 0.0912 e. The molecule has 1 aromatic rings. The van der Waals surface area contributed by atoms with Crippen molar-refractivity contribution in [2.75, 3.05) is 0 Å². The van der Waals surface area contributed by atoms with Crippen molar-refractivity contribution < 1.29 is 5.11 Å². The SMILES string of the molecule is Cc1ccsc1C(O)C1CC2CC2C1. The topological polar surface area (TPSA) is 20.2 Å². The molecule has 0 amide bonds. The Morgan fingerprint density at radius 1 is 1.36 bits per heavy atom. The predicted molar refractivity (Wildman–Crippen MR) is 58.3 cm³/mol. The summed E-state index contributed by atoms with van der Waals surface area (Å²) in [6.07, 6.45) is 3.79. The van der Waals surface area contributed by atoms with Gasteiger partial charge in [-0.05, 0) is 60.9 Å². The van der Waals surface area contributed by atoms with Crippen LogP contribution in [0.5, 0.6) is 0 Å². The van der Waals surface area contributed by atoms with E-state index in [2.05, 4.69) is 18.4 Å². The summed E-state index contributed by atoms with van der Waals surface area (Å²) in [6, 6.07) is 2.11. The van der Waals surface area contributed by atoms with Crippen molar-refractivity contribution in [3.8, 4) is 0 Å². The normalized spacial score (nSPS) is 36.9. The summed E-state index contributed by atoms with van der Waals surface area (Å²) >= 11 is 1.71. The molecule has 3 atom stereocenters. The average molecular weight is 208 g/mol. The van der Waals surface area contributed by atoms with Gasteiger partial charge in [-0.3, -0.25) is 0 Å². The molecular formula is C12H16OS. The number of aliphatic hydroxyl groups excluding tert-OH is 1. The van der Waals surface area contributed by atoms with Crippen LogP contribution < -0.4 is 0 Å². The number of thiophene rings is 1. The number of rotatable bonds is 2. The molecule has 1 N–H and O–H groups in total. The van der Waals surface area contributed by atoms with Crippen LogP contribution in [0.4, 0.5) is 0 Å². The number of hydrogen-bond donors (Lipinski definition) is 1. The summed E-state index contributed by atoms with van der Waals surface area (Å²) in [5.74, 6) is 2.49. The van der Waals surface area contributed by atoms with Gasteiger partial charge in [-0.1, -0.05) is 0 Å². The first kappa shape index (κ1) is 8.93. The highest BCUT2D eigenvalue weighted by atomic mass is 32.1. The van der Waals surface area contributed by atoms with E-state index in [0.29, 0.717) is 5.92 Å². The van der Waals surface area contributed by atoms with E-state index >= 15 is 0 Å². The van der Waals surface area contributed by atoms with Gasteiger partial charge in [0, 0.05) is 4.88 Å². The highest BCUT2D eigenvalue weighted by Gasteiger charge is 2.48. The zero-order valence-electron chi connectivity index (χ0n) is 8.44. The Labute approximate surface area is 88.8 Å². The van der Waals surface area contributed by atoms with Crippen LogP contribution in [0.3, 0.4) is 0 Å². The van der Waals surface area contributed by atoms with Crippen molar-refractivity contribution in [2.45, 2.75) is 32.3 Å². The van der Waals surface area contributed by atoms with Gasteiger partial charge in [-0.15, -0.1) is 11.3 Å². The lowest BCUT2D eigenvalue weighted by Crippen LogP contribution is -2.10. The molecule has 3 rings (SSSR count). The molecule has 2 heteroatoms. The lowest BCUT2D eigenvalue weighted by atomic mass is 9.94. The molecular weight excluding hydrogens is 192 g/mol. The van der Waals surface area contributed by atoms with Gasteiger partial charge in [0.25, 0.3) is 0 Å². The number of aliphatic hydroxyl groups is 1. The first-order valence-electron chi connectivity index (χ1n) is 5.47. The molecule has 2 aliphatic carbocycles. The van der Waals surface area contributed by atoms with Crippen molar-refractivity contribution in [2.24, 2.45) is 17.8 Å². The lowest BCUT2D eigenvalue weighted by Gasteiger charge is -2.19. The zero-order valence-corrected chi connectivity index (χ0v) is 9.26. The second kappa shape index (κ2) is 3.07. The zero-order chi connectivity index (χ0) is 9.71. The molecule has 2 saturated carbocycles. The molecule has 76 valence electrons. The molecule has 2 fully saturated rings. The van der Waals surface area contributed by atoms with Crippen LogP contribution in [0.15, 0.2) is 11.4 Å². The monoisotopic (exact) mass is 208 g/mol. The summed E-state index contributed by atoms with van der Waals surface area (Å²) < 4.78 is 0. The van der Waals surface area contributed by atoms with Gasteiger partial charge in [0.2, 0.25) is 0 Å². The van der Waals surface area contributed by atoms with E-state index < -0.39 is 0 Å². The van der Waals surface area contributed by atoms with Gasteiger partial charge in [-0.2, -0.15) is 0 Å². The fourth-order valence-electron chi connectivity index (χ4n) is 2.92. The van der Waals surface area contributed by atoms with Crippen LogP contribution in [0, 0.1) is 24.7 Å². The van der Waals surface area contributed by atoms with Crippen LogP contribution in [0.2, 0.25) is 0 Å². The molecule has 14 heavy (non-hydrogen) atoms. The molecule has 1 nitrogen and oxygen atoms in total. The molecule has 0 radical (unpaired) electrons. The number of hydrogen-bond acceptors (Lipinski definition) is 2. The van der Waals surface area contributed by atoms with Crippen molar-refractivity contribution >= 4 is 11.3 Å². The first-order valence-corrected chi connectivity index (χ1v) is 6.35. The molecule has 1 aromatic heterocycles. The highest BCUT2D eigenvalue weighted by Crippen LogP contribution is 2.57. The average Bonchev–Trinajstić information content (AvgIpc) is 2.64. The summed E-state index contributed by atoms with van der Waals surface area (Å²) in [6.45, 7) is 2.10. The van der Waals surface area contributed by atoms with E-state index in [9.17, 15) is 5.11 Å². The third-order valence-corrected chi connectivity index (χ3v) is 4.99. The predicted octanol–water partition coefficient (Wildman–Crippen LogP) is 3.14. The van der Waals surface area contributed by atoms with Gasteiger partial charge < -0.3 is 5.11 Å². The molecule has 0 bridgehead atoms.